The monoisotopic (exact) mass is 401 g/mol. The van der Waals surface area contributed by atoms with Gasteiger partial charge < -0.3 is 9.73 Å². The van der Waals surface area contributed by atoms with Gasteiger partial charge in [-0.1, -0.05) is 17.7 Å². The number of hydrogen-bond donors (Lipinski definition) is 1. The van der Waals surface area contributed by atoms with E-state index < -0.39 is 11.7 Å². The van der Waals surface area contributed by atoms with Crippen molar-refractivity contribution in [3.8, 4) is 0 Å². The average molecular weight is 402 g/mol. The molecule has 0 spiro atoms. The van der Waals surface area contributed by atoms with E-state index in [0.717, 1.165) is 6.07 Å². The zero-order chi connectivity index (χ0) is 14.0. The minimum absolute atomic E-state index is 0.0241. The van der Waals surface area contributed by atoms with Crippen LogP contribution in [0.4, 0.5) is 18.9 Å². The topological polar surface area (TPSA) is 25.2 Å². The highest BCUT2D eigenvalue weighted by Crippen LogP contribution is 2.38. The molecule has 2 rings (SSSR count). The normalized spacial score (nSPS) is 11.6. The van der Waals surface area contributed by atoms with Crippen LogP contribution >= 0.6 is 34.2 Å². The Morgan fingerprint density at radius 1 is 1.21 bits per heavy atom. The SMILES string of the molecule is FC(F)(F)c1cccc(Cl)c1NCc1ccc(I)o1. The third-order valence-electron chi connectivity index (χ3n) is 2.39. The summed E-state index contributed by atoms with van der Waals surface area (Å²) >= 11 is 7.79. The summed E-state index contributed by atoms with van der Waals surface area (Å²) in [7, 11) is 0. The number of hydrogen-bond acceptors (Lipinski definition) is 2. The van der Waals surface area contributed by atoms with E-state index in [4.69, 9.17) is 16.0 Å². The van der Waals surface area contributed by atoms with Gasteiger partial charge in [0.25, 0.3) is 0 Å². The molecule has 2 aromatic rings. The first-order valence-corrected chi connectivity index (χ1v) is 6.67. The van der Waals surface area contributed by atoms with Crippen molar-refractivity contribution in [1.29, 1.82) is 0 Å². The summed E-state index contributed by atoms with van der Waals surface area (Å²) in [4.78, 5) is 0. The maximum Gasteiger partial charge on any atom is 0.418 e. The van der Waals surface area contributed by atoms with Gasteiger partial charge >= 0.3 is 6.18 Å². The molecule has 0 aliphatic heterocycles. The third kappa shape index (κ3) is 3.56. The predicted molar refractivity (Wildman–Crippen MR) is 75.2 cm³/mol. The minimum Gasteiger partial charge on any atom is -0.454 e. The van der Waals surface area contributed by atoms with Gasteiger partial charge in [-0.3, -0.25) is 0 Å². The lowest BCUT2D eigenvalue weighted by atomic mass is 10.1. The van der Waals surface area contributed by atoms with Crippen molar-refractivity contribution >= 4 is 39.9 Å². The van der Waals surface area contributed by atoms with E-state index in [9.17, 15) is 13.2 Å². The molecule has 0 bridgehead atoms. The molecule has 19 heavy (non-hydrogen) atoms. The number of rotatable bonds is 3. The molecule has 0 saturated heterocycles. The Morgan fingerprint density at radius 3 is 2.53 bits per heavy atom. The highest BCUT2D eigenvalue weighted by Gasteiger charge is 2.34. The van der Waals surface area contributed by atoms with Crippen LogP contribution < -0.4 is 5.32 Å². The average Bonchev–Trinajstić information content (AvgIpc) is 2.72. The summed E-state index contributed by atoms with van der Waals surface area (Å²) in [5.41, 5.74) is -0.927. The fourth-order valence-corrected chi connectivity index (χ4v) is 2.27. The molecule has 0 unspecified atom stereocenters. The standard InChI is InChI=1S/C12H8ClF3INO/c13-9-3-1-2-8(12(14,15)16)11(9)18-6-7-4-5-10(17)19-7/h1-5,18H,6H2. The van der Waals surface area contributed by atoms with Crippen molar-refractivity contribution in [1.82, 2.24) is 0 Å². The van der Waals surface area contributed by atoms with E-state index in [1.165, 1.54) is 12.1 Å². The van der Waals surface area contributed by atoms with Crippen LogP contribution in [0, 0.1) is 3.77 Å². The highest BCUT2D eigenvalue weighted by molar-refractivity contribution is 14.1. The number of alkyl halides is 3. The van der Waals surface area contributed by atoms with Crippen LogP contribution in [0.5, 0.6) is 0 Å². The first-order valence-electron chi connectivity index (χ1n) is 5.21. The Bertz CT molecular complexity index is 583. The summed E-state index contributed by atoms with van der Waals surface area (Å²) in [6, 6.07) is 7.09. The fraction of sp³-hybridized carbons (Fsp3) is 0.167. The zero-order valence-corrected chi connectivity index (χ0v) is 12.3. The number of benzene rings is 1. The fourth-order valence-electron chi connectivity index (χ4n) is 1.56. The summed E-state index contributed by atoms with van der Waals surface area (Å²) in [6.07, 6.45) is -4.45. The lowest BCUT2D eigenvalue weighted by molar-refractivity contribution is -0.137. The Morgan fingerprint density at radius 2 is 1.95 bits per heavy atom. The van der Waals surface area contributed by atoms with Gasteiger partial charge in [0, 0.05) is 0 Å². The smallest absolute Gasteiger partial charge is 0.418 e. The van der Waals surface area contributed by atoms with Crippen LogP contribution in [-0.4, -0.2) is 0 Å². The van der Waals surface area contributed by atoms with Crippen molar-refractivity contribution in [3.63, 3.8) is 0 Å². The molecule has 2 nitrogen and oxygen atoms in total. The molecule has 0 amide bonds. The van der Waals surface area contributed by atoms with Gasteiger partial charge in [0.2, 0.25) is 0 Å². The third-order valence-corrected chi connectivity index (χ3v) is 3.28. The molecule has 0 aliphatic rings. The number of nitrogens with one attached hydrogen (secondary N) is 1. The maximum absolute atomic E-state index is 12.8. The first kappa shape index (κ1) is 14.5. The van der Waals surface area contributed by atoms with E-state index in [1.807, 2.05) is 22.6 Å². The summed E-state index contributed by atoms with van der Waals surface area (Å²) in [6.45, 7) is 0.135. The summed E-state index contributed by atoms with van der Waals surface area (Å²) < 4.78 is 44.4. The minimum atomic E-state index is -4.45. The highest BCUT2D eigenvalue weighted by atomic mass is 127. The quantitative estimate of drug-likeness (QED) is 0.718. The Kier molecular flexibility index (Phi) is 4.29. The van der Waals surface area contributed by atoms with Crippen molar-refractivity contribution < 1.29 is 17.6 Å². The molecule has 1 aromatic carbocycles. The second-order valence-corrected chi connectivity index (χ2v) is 5.19. The van der Waals surface area contributed by atoms with E-state index >= 15 is 0 Å². The van der Waals surface area contributed by atoms with E-state index in [2.05, 4.69) is 5.32 Å². The molecular formula is C12H8ClF3INO. The van der Waals surface area contributed by atoms with Gasteiger partial charge in [-0.05, 0) is 46.9 Å². The van der Waals surface area contributed by atoms with E-state index in [1.54, 1.807) is 12.1 Å². The van der Waals surface area contributed by atoms with Gasteiger partial charge in [-0.2, -0.15) is 13.2 Å². The van der Waals surface area contributed by atoms with Crippen LogP contribution in [0.3, 0.4) is 0 Å². The van der Waals surface area contributed by atoms with E-state index in [0.29, 0.717) is 9.53 Å². The van der Waals surface area contributed by atoms with Crippen molar-refractivity contribution in [3.05, 3.63) is 50.4 Å². The molecule has 0 fully saturated rings. The van der Waals surface area contributed by atoms with Crippen molar-refractivity contribution in [2.75, 3.05) is 5.32 Å². The van der Waals surface area contributed by atoms with Gasteiger partial charge in [0.1, 0.15) is 5.76 Å². The lowest BCUT2D eigenvalue weighted by Gasteiger charge is -2.15. The molecule has 0 atom stereocenters. The van der Waals surface area contributed by atoms with Crippen molar-refractivity contribution in [2.45, 2.75) is 12.7 Å². The second kappa shape index (κ2) is 5.62. The lowest BCUT2D eigenvalue weighted by Crippen LogP contribution is -2.11. The van der Waals surface area contributed by atoms with Gasteiger partial charge in [-0.15, -0.1) is 0 Å². The summed E-state index contributed by atoms with van der Waals surface area (Å²) in [5.74, 6) is 0.539. The van der Waals surface area contributed by atoms with Crippen LogP contribution in [0.15, 0.2) is 34.7 Å². The predicted octanol–water partition coefficient (Wildman–Crippen LogP) is 5.17. The number of para-hydroxylation sites is 1. The van der Waals surface area contributed by atoms with Gasteiger partial charge in [0.15, 0.2) is 3.77 Å². The molecule has 0 saturated carbocycles. The maximum atomic E-state index is 12.8. The zero-order valence-electron chi connectivity index (χ0n) is 9.39. The van der Waals surface area contributed by atoms with Gasteiger partial charge in [0.05, 0.1) is 22.8 Å². The number of anilines is 1. The van der Waals surface area contributed by atoms with Crippen LogP contribution in [0.25, 0.3) is 0 Å². The van der Waals surface area contributed by atoms with Crippen LogP contribution in [0.2, 0.25) is 5.02 Å². The number of halogens is 5. The molecule has 1 aromatic heterocycles. The number of furan rings is 1. The Balaban J connectivity index is 2.24. The largest absolute Gasteiger partial charge is 0.454 e. The molecular weight excluding hydrogens is 393 g/mol. The molecule has 0 aliphatic carbocycles. The Labute approximate surface area is 126 Å². The molecule has 1 N–H and O–H groups in total. The summed E-state index contributed by atoms with van der Waals surface area (Å²) in [5, 5.41) is 2.69. The molecule has 1 heterocycles. The van der Waals surface area contributed by atoms with Crippen LogP contribution in [-0.2, 0) is 12.7 Å². The molecule has 0 radical (unpaired) electrons. The van der Waals surface area contributed by atoms with Crippen molar-refractivity contribution in [2.24, 2.45) is 0 Å². The Hall–Kier alpha value is -0.890. The molecule has 102 valence electrons. The van der Waals surface area contributed by atoms with Gasteiger partial charge in [-0.25, -0.2) is 0 Å². The first-order chi connectivity index (χ1) is 8.88. The van der Waals surface area contributed by atoms with Crippen LogP contribution in [0.1, 0.15) is 11.3 Å². The second-order valence-electron chi connectivity index (χ2n) is 3.72. The molecule has 7 heteroatoms. The van der Waals surface area contributed by atoms with E-state index in [-0.39, 0.29) is 17.3 Å².